The number of fused-ring (bicyclic) bond motifs is 1. The summed E-state index contributed by atoms with van der Waals surface area (Å²) in [4.78, 5) is 25.4. The Morgan fingerprint density at radius 1 is 1.40 bits per heavy atom. The summed E-state index contributed by atoms with van der Waals surface area (Å²) < 4.78 is 1.88. The van der Waals surface area contributed by atoms with Crippen molar-refractivity contribution in [2.24, 2.45) is 0 Å². The highest BCUT2D eigenvalue weighted by molar-refractivity contribution is 5.98. The van der Waals surface area contributed by atoms with E-state index in [4.69, 9.17) is 0 Å². The van der Waals surface area contributed by atoms with E-state index < -0.39 is 0 Å². The monoisotopic (exact) mass is 270 g/mol. The minimum Gasteiger partial charge on any atom is -0.338 e. The Labute approximate surface area is 118 Å². The summed E-state index contributed by atoms with van der Waals surface area (Å²) in [6, 6.07) is 8.13. The molecule has 0 spiro atoms. The Balaban J connectivity index is 1.90. The van der Waals surface area contributed by atoms with Gasteiger partial charge in [0.15, 0.2) is 6.29 Å². The zero-order valence-electron chi connectivity index (χ0n) is 11.6. The second-order valence-electron chi connectivity index (χ2n) is 5.26. The van der Waals surface area contributed by atoms with Crippen LogP contribution in [0.15, 0.2) is 30.5 Å². The standard InChI is InChI=1S/C16H18N2O2/c1-2-18(13-7-8-13)16(20)10-17-9-12(11-19)14-5-3-4-6-15(14)17/h3-6,9,11,13H,2,7-8,10H2,1H3. The molecule has 1 aliphatic carbocycles. The van der Waals surface area contributed by atoms with Crippen molar-refractivity contribution in [3.8, 4) is 0 Å². The molecular formula is C16H18N2O2. The van der Waals surface area contributed by atoms with Gasteiger partial charge in [0.05, 0.1) is 0 Å². The number of aromatic nitrogens is 1. The fourth-order valence-corrected chi connectivity index (χ4v) is 2.76. The molecule has 0 aliphatic heterocycles. The topological polar surface area (TPSA) is 42.3 Å². The number of hydrogen-bond donors (Lipinski definition) is 0. The first-order valence-corrected chi connectivity index (χ1v) is 7.07. The number of nitrogens with zero attached hydrogens (tertiary/aromatic N) is 2. The minimum atomic E-state index is 0.133. The van der Waals surface area contributed by atoms with Gasteiger partial charge in [-0.1, -0.05) is 18.2 Å². The zero-order chi connectivity index (χ0) is 14.1. The van der Waals surface area contributed by atoms with E-state index in [1.807, 2.05) is 40.7 Å². The molecule has 1 aromatic carbocycles. The van der Waals surface area contributed by atoms with Crippen LogP contribution in [0.1, 0.15) is 30.1 Å². The molecule has 0 bridgehead atoms. The van der Waals surface area contributed by atoms with Gasteiger partial charge in [0, 0.05) is 35.2 Å². The molecule has 1 heterocycles. The number of benzene rings is 1. The van der Waals surface area contributed by atoms with E-state index >= 15 is 0 Å². The molecule has 1 amide bonds. The van der Waals surface area contributed by atoms with Crippen LogP contribution in [0.4, 0.5) is 0 Å². The highest BCUT2D eigenvalue weighted by atomic mass is 16.2. The lowest BCUT2D eigenvalue weighted by atomic mass is 10.2. The van der Waals surface area contributed by atoms with Crippen LogP contribution in [0.2, 0.25) is 0 Å². The normalized spacial score (nSPS) is 14.4. The second kappa shape index (κ2) is 5.12. The van der Waals surface area contributed by atoms with Gasteiger partial charge in [-0.25, -0.2) is 0 Å². The lowest BCUT2D eigenvalue weighted by Crippen LogP contribution is -2.35. The molecule has 1 aliphatic rings. The molecule has 1 aromatic heterocycles. The van der Waals surface area contributed by atoms with Crippen LogP contribution in [-0.2, 0) is 11.3 Å². The molecule has 0 atom stereocenters. The van der Waals surface area contributed by atoms with Crippen molar-refractivity contribution in [2.45, 2.75) is 32.4 Å². The Morgan fingerprint density at radius 2 is 2.15 bits per heavy atom. The summed E-state index contributed by atoms with van der Waals surface area (Å²) in [5.74, 6) is 0.133. The third kappa shape index (κ3) is 2.22. The molecular weight excluding hydrogens is 252 g/mol. The maximum Gasteiger partial charge on any atom is 0.242 e. The number of aldehydes is 1. The van der Waals surface area contributed by atoms with Crippen LogP contribution >= 0.6 is 0 Å². The Morgan fingerprint density at radius 3 is 2.80 bits per heavy atom. The molecule has 4 heteroatoms. The molecule has 0 radical (unpaired) electrons. The lowest BCUT2D eigenvalue weighted by molar-refractivity contribution is -0.132. The fourth-order valence-electron chi connectivity index (χ4n) is 2.76. The Bertz CT molecular complexity index is 656. The molecule has 4 nitrogen and oxygen atoms in total. The average molecular weight is 270 g/mol. The van der Waals surface area contributed by atoms with E-state index in [1.165, 1.54) is 0 Å². The van der Waals surface area contributed by atoms with Crippen molar-refractivity contribution in [3.05, 3.63) is 36.0 Å². The molecule has 1 saturated carbocycles. The van der Waals surface area contributed by atoms with Gasteiger partial charge in [0.2, 0.25) is 5.91 Å². The number of carbonyl (C=O) groups excluding carboxylic acids is 2. The van der Waals surface area contributed by atoms with Gasteiger partial charge in [-0.3, -0.25) is 9.59 Å². The van der Waals surface area contributed by atoms with Gasteiger partial charge in [0.25, 0.3) is 0 Å². The smallest absolute Gasteiger partial charge is 0.242 e. The summed E-state index contributed by atoms with van der Waals surface area (Å²) in [5.41, 5.74) is 1.58. The SMILES string of the molecule is CCN(C(=O)Cn1cc(C=O)c2ccccc21)C1CC1. The third-order valence-electron chi connectivity index (χ3n) is 3.90. The molecule has 2 aromatic rings. The molecule has 3 rings (SSSR count). The number of amides is 1. The van der Waals surface area contributed by atoms with E-state index in [9.17, 15) is 9.59 Å². The van der Waals surface area contributed by atoms with Crippen LogP contribution in [-0.4, -0.2) is 34.2 Å². The van der Waals surface area contributed by atoms with Crippen LogP contribution < -0.4 is 0 Å². The predicted molar refractivity (Wildman–Crippen MR) is 77.7 cm³/mol. The Hall–Kier alpha value is -2.10. The number of carbonyl (C=O) groups is 2. The van der Waals surface area contributed by atoms with Gasteiger partial charge < -0.3 is 9.47 Å². The third-order valence-corrected chi connectivity index (χ3v) is 3.90. The quantitative estimate of drug-likeness (QED) is 0.783. The van der Waals surface area contributed by atoms with Crippen LogP contribution in [0.3, 0.4) is 0 Å². The van der Waals surface area contributed by atoms with Crippen LogP contribution in [0.5, 0.6) is 0 Å². The number of rotatable bonds is 5. The van der Waals surface area contributed by atoms with Gasteiger partial charge in [-0.15, -0.1) is 0 Å². The molecule has 20 heavy (non-hydrogen) atoms. The molecule has 104 valence electrons. The molecule has 0 N–H and O–H groups in total. The summed E-state index contributed by atoms with van der Waals surface area (Å²) >= 11 is 0. The largest absolute Gasteiger partial charge is 0.338 e. The van der Waals surface area contributed by atoms with E-state index in [0.29, 0.717) is 18.2 Å². The van der Waals surface area contributed by atoms with Crippen molar-refractivity contribution in [3.63, 3.8) is 0 Å². The molecule has 0 saturated heterocycles. The minimum absolute atomic E-state index is 0.133. The van der Waals surface area contributed by atoms with Gasteiger partial charge in [-0.05, 0) is 25.8 Å². The van der Waals surface area contributed by atoms with Gasteiger partial charge >= 0.3 is 0 Å². The maximum atomic E-state index is 12.4. The average Bonchev–Trinajstić information content (AvgIpc) is 3.23. The predicted octanol–water partition coefficient (Wildman–Crippen LogP) is 2.46. The highest BCUT2D eigenvalue weighted by Gasteiger charge is 2.31. The van der Waals surface area contributed by atoms with Crippen molar-refractivity contribution >= 4 is 23.1 Å². The second-order valence-corrected chi connectivity index (χ2v) is 5.26. The summed E-state index contributed by atoms with van der Waals surface area (Å²) in [7, 11) is 0. The van der Waals surface area contributed by atoms with E-state index in [1.54, 1.807) is 6.20 Å². The first kappa shape index (κ1) is 12.9. The summed E-state index contributed by atoms with van der Waals surface area (Å²) in [5, 5.41) is 0.907. The fraction of sp³-hybridized carbons (Fsp3) is 0.375. The highest BCUT2D eigenvalue weighted by Crippen LogP contribution is 2.27. The molecule has 0 unspecified atom stereocenters. The van der Waals surface area contributed by atoms with Crippen molar-refractivity contribution < 1.29 is 9.59 Å². The van der Waals surface area contributed by atoms with E-state index in [-0.39, 0.29) is 5.91 Å². The van der Waals surface area contributed by atoms with Gasteiger partial charge in [0.1, 0.15) is 6.54 Å². The zero-order valence-corrected chi connectivity index (χ0v) is 11.6. The first-order chi connectivity index (χ1) is 9.74. The number of para-hydroxylation sites is 1. The van der Waals surface area contributed by atoms with Crippen molar-refractivity contribution in [2.75, 3.05) is 6.54 Å². The van der Waals surface area contributed by atoms with E-state index in [2.05, 4.69) is 0 Å². The number of hydrogen-bond acceptors (Lipinski definition) is 2. The molecule has 1 fully saturated rings. The lowest BCUT2D eigenvalue weighted by Gasteiger charge is -2.20. The first-order valence-electron chi connectivity index (χ1n) is 7.07. The van der Waals surface area contributed by atoms with Crippen molar-refractivity contribution in [1.82, 2.24) is 9.47 Å². The Kier molecular flexibility index (Phi) is 3.30. The summed E-state index contributed by atoms with van der Waals surface area (Å²) in [6.45, 7) is 3.07. The number of likely N-dealkylation sites (N-methyl/N-ethyl adjacent to an activating group) is 1. The summed E-state index contributed by atoms with van der Waals surface area (Å²) in [6.07, 6.45) is 4.86. The van der Waals surface area contributed by atoms with Gasteiger partial charge in [-0.2, -0.15) is 0 Å². The van der Waals surface area contributed by atoms with Crippen LogP contribution in [0.25, 0.3) is 10.9 Å². The maximum absolute atomic E-state index is 12.4. The van der Waals surface area contributed by atoms with Crippen LogP contribution in [0, 0.1) is 0 Å². The van der Waals surface area contributed by atoms with E-state index in [0.717, 1.165) is 36.6 Å². The van der Waals surface area contributed by atoms with Crippen molar-refractivity contribution in [1.29, 1.82) is 0 Å².